The zero-order chi connectivity index (χ0) is 13.5. The predicted octanol–water partition coefficient (Wildman–Crippen LogP) is 1.22. The molecule has 0 bridgehead atoms. The molecule has 0 aromatic heterocycles. The number of amides is 1. The summed E-state index contributed by atoms with van der Waals surface area (Å²) in [5.74, 6) is 0.603. The Kier molecular flexibility index (Phi) is 5.65. The molecule has 0 saturated carbocycles. The fourth-order valence-electron chi connectivity index (χ4n) is 1.90. The van der Waals surface area contributed by atoms with E-state index < -0.39 is 0 Å². The van der Waals surface area contributed by atoms with E-state index in [1.54, 1.807) is 7.11 Å². The van der Waals surface area contributed by atoms with E-state index in [-0.39, 0.29) is 12.5 Å². The van der Waals surface area contributed by atoms with Crippen LogP contribution in [0, 0.1) is 0 Å². The van der Waals surface area contributed by atoms with Crippen molar-refractivity contribution in [3.05, 3.63) is 29.3 Å². The Balaban J connectivity index is 2.67. The van der Waals surface area contributed by atoms with Gasteiger partial charge in [0.05, 0.1) is 13.7 Å². The minimum Gasteiger partial charge on any atom is -0.496 e. The first-order valence-corrected chi connectivity index (χ1v) is 6.19. The molecule has 1 aromatic carbocycles. The largest absolute Gasteiger partial charge is 0.496 e. The number of carbonyl (C=O) groups is 1. The van der Waals surface area contributed by atoms with Crippen LogP contribution in [0.25, 0.3) is 0 Å². The van der Waals surface area contributed by atoms with Gasteiger partial charge in [0, 0.05) is 6.54 Å². The van der Waals surface area contributed by atoms with Crippen LogP contribution < -0.4 is 10.5 Å². The van der Waals surface area contributed by atoms with Crippen molar-refractivity contribution in [2.24, 2.45) is 5.73 Å². The third kappa shape index (κ3) is 4.37. The first kappa shape index (κ1) is 14.5. The molecule has 4 heteroatoms. The number of nitrogens with two attached hydrogens (primary N) is 1. The molecule has 0 unspecified atom stereocenters. The highest BCUT2D eigenvalue weighted by Crippen LogP contribution is 2.20. The van der Waals surface area contributed by atoms with E-state index in [4.69, 9.17) is 10.5 Å². The van der Waals surface area contributed by atoms with Gasteiger partial charge in [0.25, 0.3) is 0 Å². The van der Waals surface area contributed by atoms with Crippen molar-refractivity contribution in [3.8, 4) is 5.75 Å². The third-order valence-corrected chi connectivity index (χ3v) is 2.94. The summed E-state index contributed by atoms with van der Waals surface area (Å²) in [4.78, 5) is 12.7. The summed E-state index contributed by atoms with van der Waals surface area (Å²) in [6.45, 7) is 3.20. The number of methoxy groups -OCH3 is 1. The fraction of sp³-hybridized carbons (Fsp3) is 0.500. The normalized spacial score (nSPS) is 10.7. The van der Waals surface area contributed by atoms with E-state index in [0.717, 1.165) is 25.1 Å². The van der Waals surface area contributed by atoms with Gasteiger partial charge in [0.1, 0.15) is 5.75 Å². The number of primary amides is 1. The lowest BCUT2D eigenvalue weighted by atomic mass is 10.0. The standard InChI is InChI=1S/C14H22N2O2/c1-4-11-5-6-13(18-3)12(9-11)7-8-16(2)10-14(15)17/h5-6,9H,4,7-8,10H2,1-3H3,(H2,15,17). The molecule has 1 rings (SSSR count). The van der Waals surface area contributed by atoms with Crippen molar-refractivity contribution < 1.29 is 9.53 Å². The van der Waals surface area contributed by atoms with Crippen molar-refractivity contribution in [1.29, 1.82) is 0 Å². The summed E-state index contributed by atoms with van der Waals surface area (Å²) < 4.78 is 5.35. The molecule has 0 fully saturated rings. The van der Waals surface area contributed by atoms with Gasteiger partial charge in [-0.2, -0.15) is 0 Å². The Bertz CT molecular complexity index is 405. The average Bonchev–Trinajstić information content (AvgIpc) is 2.35. The van der Waals surface area contributed by atoms with Crippen LogP contribution >= 0.6 is 0 Å². The maximum Gasteiger partial charge on any atom is 0.231 e. The van der Waals surface area contributed by atoms with Gasteiger partial charge in [-0.25, -0.2) is 0 Å². The summed E-state index contributed by atoms with van der Waals surface area (Å²) >= 11 is 0. The summed E-state index contributed by atoms with van der Waals surface area (Å²) in [6, 6.07) is 6.24. The van der Waals surface area contributed by atoms with Gasteiger partial charge in [-0.05, 0) is 37.1 Å². The molecule has 0 spiro atoms. The van der Waals surface area contributed by atoms with E-state index in [1.165, 1.54) is 11.1 Å². The lowest BCUT2D eigenvalue weighted by molar-refractivity contribution is -0.118. The third-order valence-electron chi connectivity index (χ3n) is 2.94. The van der Waals surface area contributed by atoms with Gasteiger partial charge >= 0.3 is 0 Å². The second-order valence-corrected chi connectivity index (χ2v) is 4.45. The molecular formula is C14H22N2O2. The lowest BCUT2D eigenvalue weighted by Gasteiger charge is -2.16. The number of ether oxygens (including phenoxy) is 1. The molecule has 0 radical (unpaired) electrons. The molecule has 1 amide bonds. The maximum absolute atomic E-state index is 10.8. The minimum atomic E-state index is -0.299. The van der Waals surface area contributed by atoms with Crippen LogP contribution in [0.4, 0.5) is 0 Å². The van der Waals surface area contributed by atoms with Crippen molar-refractivity contribution in [1.82, 2.24) is 4.90 Å². The summed E-state index contributed by atoms with van der Waals surface area (Å²) in [5.41, 5.74) is 7.63. The fourth-order valence-corrected chi connectivity index (χ4v) is 1.90. The molecule has 2 N–H and O–H groups in total. The highest BCUT2D eigenvalue weighted by molar-refractivity contribution is 5.75. The van der Waals surface area contributed by atoms with Gasteiger partial charge in [-0.3, -0.25) is 9.69 Å². The Morgan fingerprint density at radius 2 is 2.17 bits per heavy atom. The Hall–Kier alpha value is -1.55. The van der Waals surface area contributed by atoms with Crippen LogP contribution in [0.3, 0.4) is 0 Å². The molecular weight excluding hydrogens is 228 g/mol. The lowest BCUT2D eigenvalue weighted by Crippen LogP contribution is -2.32. The first-order chi connectivity index (χ1) is 8.56. The molecule has 100 valence electrons. The molecule has 0 aliphatic carbocycles. The number of rotatable bonds is 7. The van der Waals surface area contributed by atoms with E-state index in [0.29, 0.717) is 0 Å². The quantitative estimate of drug-likeness (QED) is 0.791. The van der Waals surface area contributed by atoms with Crippen molar-refractivity contribution in [2.75, 3.05) is 27.2 Å². The number of likely N-dealkylation sites (N-methyl/N-ethyl adjacent to an activating group) is 1. The smallest absolute Gasteiger partial charge is 0.231 e. The number of hydrogen-bond donors (Lipinski definition) is 1. The average molecular weight is 250 g/mol. The van der Waals surface area contributed by atoms with Crippen LogP contribution in [0.2, 0.25) is 0 Å². The monoisotopic (exact) mass is 250 g/mol. The van der Waals surface area contributed by atoms with Crippen LogP contribution in [-0.2, 0) is 17.6 Å². The molecule has 0 atom stereocenters. The number of benzene rings is 1. The van der Waals surface area contributed by atoms with Crippen molar-refractivity contribution in [3.63, 3.8) is 0 Å². The minimum absolute atomic E-state index is 0.287. The van der Waals surface area contributed by atoms with Crippen molar-refractivity contribution in [2.45, 2.75) is 19.8 Å². The second kappa shape index (κ2) is 7.01. The number of carbonyl (C=O) groups excluding carboxylic acids is 1. The predicted molar refractivity (Wildman–Crippen MR) is 72.8 cm³/mol. The molecule has 1 aromatic rings. The second-order valence-electron chi connectivity index (χ2n) is 4.45. The van der Waals surface area contributed by atoms with E-state index in [1.807, 2.05) is 18.0 Å². The molecule has 0 saturated heterocycles. The highest BCUT2D eigenvalue weighted by atomic mass is 16.5. The molecule has 0 heterocycles. The summed E-state index contributed by atoms with van der Waals surface area (Å²) in [5, 5.41) is 0. The molecule has 18 heavy (non-hydrogen) atoms. The van der Waals surface area contributed by atoms with Crippen molar-refractivity contribution >= 4 is 5.91 Å². The van der Waals surface area contributed by atoms with E-state index in [2.05, 4.69) is 19.1 Å². The van der Waals surface area contributed by atoms with Gasteiger partial charge in [0.15, 0.2) is 0 Å². The Morgan fingerprint density at radius 3 is 2.72 bits per heavy atom. The Labute approximate surface area is 109 Å². The van der Waals surface area contributed by atoms with Gasteiger partial charge < -0.3 is 10.5 Å². The van der Waals surface area contributed by atoms with E-state index in [9.17, 15) is 4.79 Å². The zero-order valence-electron chi connectivity index (χ0n) is 11.4. The number of hydrogen-bond acceptors (Lipinski definition) is 3. The zero-order valence-corrected chi connectivity index (χ0v) is 11.4. The number of aryl methyl sites for hydroxylation is 1. The molecule has 4 nitrogen and oxygen atoms in total. The highest BCUT2D eigenvalue weighted by Gasteiger charge is 2.07. The molecule has 0 aliphatic rings. The maximum atomic E-state index is 10.8. The molecule has 0 aliphatic heterocycles. The summed E-state index contributed by atoms with van der Waals surface area (Å²) in [7, 11) is 3.57. The van der Waals surface area contributed by atoms with Crippen LogP contribution in [-0.4, -0.2) is 38.1 Å². The van der Waals surface area contributed by atoms with Gasteiger partial charge in [0.2, 0.25) is 5.91 Å². The van der Waals surface area contributed by atoms with Gasteiger partial charge in [-0.1, -0.05) is 19.1 Å². The van der Waals surface area contributed by atoms with E-state index >= 15 is 0 Å². The summed E-state index contributed by atoms with van der Waals surface area (Å²) in [6.07, 6.45) is 1.86. The van der Waals surface area contributed by atoms with Crippen LogP contribution in [0.15, 0.2) is 18.2 Å². The topological polar surface area (TPSA) is 55.6 Å². The van der Waals surface area contributed by atoms with Gasteiger partial charge in [-0.15, -0.1) is 0 Å². The van der Waals surface area contributed by atoms with Crippen LogP contribution in [0.1, 0.15) is 18.1 Å². The number of nitrogens with zero attached hydrogens (tertiary/aromatic N) is 1. The van der Waals surface area contributed by atoms with Crippen LogP contribution in [0.5, 0.6) is 5.75 Å². The first-order valence-electron chi connectivity index (χ1n) is 6.19. The SMILES string of the molecule is CCc1ccc(OC)c(CCN(C)CC(N)=O)c1. The Morgan fingerprint density at radius 1 is 1.44 bits per heavy atom.